The molecule has 1 amide bonds. The Balaban J connectivity index is 2.05. The van der Waals surface area contributed by atoms with Gasteiger partial charge < -0.3 is 14.6 Å². The van der Waals surface area contributed by atoms with E-state index in [0.29, 0.717) is 19.4 Å². The van der Waals surface area contributed by atoms with Gasteiger partial charge in [-0.05, 0) is 31.9 Å². The van der Waals surface area contributed by atoms with Crippen molar-refractivity contribution >= 4 is 27.8 Å². The summed E-state index contributed by atoms with van der Waals surface area (Å²) in [5.74, 6) is 1.07. The second kappa shape index (κ2) is 7.27. The van der Waals surface area contributed by atoms with Gasteiger partial charge in [0.05, 0.1) is 29.4 Å². The first-order valence-corrected chi connectivity index (χ1v) is 9.39. The van der Waals surface area contributed by atoms with Crippen LogP contribution in [0.25, 0.3) is 21.9 Å². The third-order valence-electron chi connectivity index (χ3n) is 4.70. The fourth-order valence-electron chi connectivity index (χ4n) is 3.37. The van der Waals surface area contributed by atoms with Gasteiger partial charge in [-0.1, -0.05) is 19.1 Å². The Bertz CT molecular complexity index is 983. The average molecular weight is 368 g/mol. The van der Waals surface area contributed by atoms with E-state index in [-0.39, 0.29) is 5.91 Å². The molecule has 0 spiro atoms. The molecule has 2 heterocycles. The monoisotopic (exact) mass is 368 g/mol. The largest absolute Gasteiger partial charge is 0.389 e. The van der Waals surface area contributed by atoms with Crippen molar-refractivity contribution in [2.75, 3.05) is 14.1 Å². The SMILES string of the molecule is CCc1nc2cnc3cc(CCC(=O)N(C)C)ccc3c2n1CC(C)(C)O. The first-order chi connectivity index (χ1) is 12.7. The molecule has 0 bridgehead atoms. The number of nitrogens with zero attached hydrogens (tertiary/aromatic N) is 4. The van der Waals surface area contributed by atoms with Crippen LogP contribution < -0.4 is 0 Å². The number of carbonyl (C=O) groups is 1. The number of imidazole rings is 1. The molecule has 3 rings (SSSR count). The van der Waals surface area contributed by atoms with Crippen LogP contribution in [-0.2, 0) is 24.2 Å². The van der Waals surface area contributed by atoms with E-state index in [0.717, 1.165) is 39.7 Å². The van der Waals surface area contributed by atoms with E-state index in [2.05, 4.69) is 28.6 Å². The molecule has 6 heteroatoms. The lowest BCUT2D eigenvalue weighted by Crippen LogP contribution is -2.27. The number of aromatic nitrogens is 3. The predicted octanol–water partition coefficient (Wildman–Crippen LogP) is 2.94. The summed E-state index contributed by atoms with van der Waals surface area (Å²) in [6.07, 6.45) is 3.76. The van der Waals surface area contributed by atoms with Gasteiger partial charge in [0.15, 0.2) is 0 Å². The number of aryl methyl sites for hydroxylation is 2. The molecular formula is C21H28N4O2. The smallest absolute Gasteiger partial charge is 0.222 e. The maximum atomic E-state index is 11.8. The molecule has 27 heavy (non-hydrogen) atoms. The molecule has 1 N–H and O–H groups in total. The summed E-state index contributed by atoms with van der Waals surface area (Å²) in [7, 11) is 3.55. The lowest BCUT2D eigenvalue weighted by atomic mass is 10.1. The van der Waals surface area contributed by atoms with Gasteiger partial charge in [-0.15, -0.1) is 0 Å². The Morgan fingerprint density at radius 2 is 2.00 bits per heavy atom. The van der Waals surface area contributed by atoms with Crippen LogP contribution in [0.4, 0.5) is 0 Å². The molecule has 0 aliphatic rings. The molecule has 0 saturated carbocycles. The number of hydrogen-bond acceptors (Lipinski definition) is 4. The topological polar surface area (TPSA) is 71.2 Å². The van der Waals surface area contributed by atoms with Gasteiger partial charge in [0.2, 0.25) is 5.91 Å². The number of aliphatic hydroxyl groups is 1. The maximum absolute atomic E-state index is 11.8. The first kappa shape index (κ1) is 19.3. The highest BCUT2D eigenvalue weighted by atomic mass is 16.3. The van der Waals surface area contributed by atoms with E-state index in [9.17, 15) is 9.90 Å². The molecule has 0 unspecified atom stereocenters. The predicted molar refractivity (Wildman–Crippen MR) is 108 cm³/mol. The summed E-state index contributed by atoms with van der Waals surface area (Å²) in [5, 5.41) is 11.4. The molecule has 0 saturated heterocycles. The van der Waals surface area contributed by atoms with E-state index in [4.69, 9.17) is 4.98 Å². The fraction of sp³-hybridized carbons (Fsp3) is 0.476. The molecule has 0 fully saturated rings. The van der Waals surface area contributed by atoms with Crippen LogP contribution in [0.2, 0.25) is 0 Å². The zero-order valence-electron chi connectivity index (χ0n) is 16.8. The van der Waals surface area contributed by atoms with Crippen LogP contribution in [-0.4, -0.2) is 50.1 Å². The van der Waals surface area contributed by atoms with Gasteiger partial charge in [-0.2, -0.15) is 0 Å². The third-order valence-corrected chi connectivity index (χ3v) is 4.70. The zero-order chi connectivity index (χ0) is 19.8. The maximum Gasteiger partial charge on any atom is 0.222 e. The van der Waals surface area contributed by atoms with Crippen LogP contribution in [0.5, 0.6) is 0 Å². The summed E-state index contributed by atoms with van der Waals surface area (Å²) >= 11 is 0. The molecule has 0 atom stereocenters. The van der Waals surface area contributed by atoms with Gasteiger partial charge in [0, 0.05) is 32.3 Å². The molecule has 0 aliphatic carbocycles. The van der Waals surface area contributed by atoms with Crippen molar-refractivity contribution in [3.05, 3.63) is 35.8 Å². The van der Waals surface area contributed by atoms with E-state index in [1.54, 1.807) is 25.2 Å². The minimum absolute atomic E-state index is 0.120. The number of fused-ring (bicyclic) bond motifs is 3. The average Bonchev–Trinajstić information content (AvgIpc) is 2.95. The molecule has 6 nitrogen and oxygen atoms in total. The van der Waals surface area contributed by atoms with Crippen molar-refractivity contribution < 1.29 is 9.90 Å². The van der Waals surface area contributed by atoms with Gasteiger partial charge in [-0.3, -0.25) is 9.78 Å². The summed E-state index contributed by atoms with van der Waals surface area (Å²) in [6, 6.07) is 6.16. The number of pyridine rings is 1. The molecule has 144 valence electrons. The summed E-state index contributed by atoms with van der Waals surface area (Å²) < 4.78 is 2.11. The minimum atomic E-state index is -0.834. The van der Waals surface area contributed by atoms with Crippen LogP contribution in [0.15, 0.2) is 24.4 Å². The van der Waals surface area contributed by atoms with Gasteiger partial charge in [-0.25, -0.2) is 4.98 Å². The van der Waals surface area contributed by atoms with Gasteiger partial charge in [0.1, 0.15) is 11.3 Å². The minimum Gasteiger partial charge on any atom is -0.389 e. The van der Waals surface area contributed by atoms with Crippen LogP contribution >= 0.6 is 0 Å². The second-order valence-corrected chi connectivity index (χ2v) is 7.91. The summed E-state index contributed by atoms with van der Waals surface area (Å²) in [5.41, 5.74) is 3.00. The van der Waals surface area contributed by atoms with Gasteiger partial charge >= 0.3 is 0 Å². The molecule has 1 aromatic carbocycles. The lowest BCUT2D eigenvalue weighted by molar-refractivity contribution is -0.128. The van der Waals surface area contributed by atoms with Crippen LogP contribution in [0.3, 0.4) is 0 Å². The highest BCUT2D eigenvalue weighted by Crippen LogP contribution is 2.27. The standard InChI is InChI=1S/C21H28N4O2/c1-6-18-23-17-12-22-16-11-14(8-10-19(26)24(4)5)7-9-15(16)20(17)25(18)13-21(2,3)27/h7,9,11-12,27H,6,8,10,13H2,1-5H3. The quantitative estimate of drug-likeness (QED) is 0.726. The van der Waals surface area contributed by atoms with Crippen LogP contribution in [0.1, 0.15) is 38.6 Å². The van der Waals surface area contributed by atoms with Crippen molar-refractivity contribution in [2.24, 2.45) is 0 Å². The van der Waals surface area contributed by atoms with Gasteiger partial charge in [0.25, 0.3) is 0 Å². The molecular weight excluding hydrogens is 340 g/mol. The fourth-order valence-corrected chi connectivity index (χ4v) is 3.37. The van der Waals surface area contributed by atoms with Crippen LogP contribution in [0, 0.1) is 0 Å². The summed E-state index contributed by atoms with van der Waals surface area (Å²) in [6.45, 7) is 6.16. The lowest BCUT2D eigenvalue weighted by Gasteiger charge is -2.20. The third kappa shape index (κ3) is 4.11. The number of rotatable bonds is 6. The van der Waals surface area contributed by atoms with Crippen molar-refractivity contribution in [1.82, 2.24) is 19.4 Å². The van der Waals surface area contributed by atoms with Crippen molar-refractivity contribution in [2.45, 2.75) is 52.2 Å². The van der Waals surface area contributed by atoms with E-state index < -0.39 is 5.60 Å². The number of benzene rings is 1. The number of carbonyl (C=O) groups excluding carboxylic acids is 1. The van der Waals surface area contributed by atoms with E-state index >= 15 is 0 Å². The zero-order valence-corrected chi connectivity index (χ0v) is 16.8. The normalized spacial score (nSPS) is 12.1. The Labute approximate surface area is 159 Å². The second-order valence-electron chi connectivity index (χ2n) is 7.91. The molecule has 0 aliphatic heterocycles. The molecule has 3 aromatic rings. The van der Waals surface area contributed by atoms with E-state index in [1.807, 2.05) is 19.9 Å². The Kier molecular flexibility index (Phi) is 5.20. The Morgan fingerprint density at radius 3 is 2.63 bits per heavy atom. The highest BCUT2D eigenvalue weighted by molar-refractivity contribution is 6.02. The first-order valence-electron chi connectivity index (χ1n) is 9.39. The van der Waals surface area contributed by atoms with Crippen molar-refractivity contribution in [3.63, 3.8) is 0 Å². The Hall–Kier alpha value is -2.47. The molecule has 0 radical (unpaired) electrons. The number of hydrogen-bond donors (Lipinski definition) is 1. The number of amides is 1. The highest BCUT2D eigenvalue weighted by Gasteiger charge is 2.20. The van der Waals surface area contributed by atoms with E-state index in [1.165, 1.54) is 0 Å². The molecule has 2 aromatic heterocycles. The Morgan fingerprint density at radius 1 is 1.26 bits per heavy atom. The summed E-state index contributed by atoms with van der Waals surface area (Å²) in [4.78, 5) is 22.7. The van der Waals surface area contributed by atoms with Crippen molar-refractivity contribution in [1.29, 1.82) is 0 Å². The van der Waals surface area contributed by atoms with Crippen molar-refractivity contribution in [3.8, 4) is 0 Å².